The SMILES string of the molecule is C=C(NCC)C1=CCC(CCc2cc(C)cc(CCc3ccc(C(C)=NCCC)cc3)c2)C=C1. The Bertz CT molecular complexity index is 1040. The molecule has 0 bridgehead atoms. The standard InChI is InChI=1S/C32H42N2/c1-6-20-34-26(5)32-18-14-28(15-19-32)9-11-30-22-24(3)21-29(23-30)10-8-27-12-16-31(17-13-27)25(4)33-7-2/h12,14-19,21-23,27,33H,4,6-11,13,20H2,1-3,5H3. The van der Waals surface area contributed by atoms with Crippen LogP contribution < -0.4 is 5.32 Å². The van der Waals surface area contributed by atoms with Crippen LogP contribution in [0.4, 0.5) is 0 Å². The molecule has 1 atom stereocenters. The molecule has 0 saturated heterocycles. The van der Waals surface area contributed by atoms with Crippen molar-refractivity contribution in [3.8, 4) is 0 Å². The molecule has 2 aromatic rings. The number of benzene rings is 2. The summed E-state index contributed by atoms with van der Waals surface area (Å²) in [5, 5.41) is 3.32. The van der Waals surface area contributed by atoms with E-state index in [1.165, 1.54) is 39.8 Å². The van der Waals surface area contributed by atoms with Crippen molar-refractivity contribution in [1.29, 1.82) is 0 Å². The first-order valence-electron chi connectivity index (χ1n) is 13.0. The van der Waals surface area contributed by atoms with Crippen molar-refractivity contribution < 1.29 is 0 Å². The summed E-state index contributed by atoms with van der Waals surface area (Å²) < 4.78 is 0. The van der Waals surface area contributed by atoms with E-state index < -0.39 is 0 Å². The Morgan fingerprint density at radius 2 is 1.71 bits per heavy atom. The molecule has 180 valence electrons. The zero-order chi connectivity index (χ0) is 24.3. The van der Waals surface area contributed by atoms with E-state index in [9.17, 15) is 0 Å². The van der Waals surface area contributed by atoms with Gasteiger partial charge in [0.15, 0.2) is 0 Å². The normalized spacial score (nSPS) is 15.8. The first-order chi connectivity index (χ1) is 16.5. The van der Waals surface area contributed by atoms with Gasteiger partial charge < -0.3 is 5.32 Å². The van der Waals surface area contributed by atoms with Crippen LogP contribution in [-0.4, -0.2) is 18.8 Å². The van der Waals surface area contributed by atoms with E-state index in [1.54, 1.807) is 0 Å². The van der Waals surface area contributed by atoms with E-state index in [1.807, 2.05) is 0 Å². The monoisotopic (exact) mass is 454 g/mol. The van der Waals surface area contributed by atoms with Gasteiger partial charge in [0.1, 0.15) is 0 Å². The molecule has 1 N–H and O–H groups in total. The largest absolute Gasteiger partial charge is 0.385 e. The van der Waals surface area contributed by atoms with E-state index >= 15 is 0 Å². The maximum atomic E-state index is 4.63. The number of aryl methyl sites for hydroxylation is 4. The van der Waals surface area contributed by atoms with E-state index in [-0.39, 0.29) is 0 Å². The highest BCUT2D eigenvalue weighted by Crippen LogP contribution is 2.24. The van der Waals surface area contributed by atoms with Crippen molar-refractivity contribution >= 4 is 5.71 Å². The van der Waals surface area contributed by atoms with Crippen LogP contribution in [0.2, 0.25) is 0 Å². The minimum Gasteiger partial charge on any atom is -0.385 e. The van der Waals surface area contributed by atoms with Crippen LogP contribution in [-0.2, 0) is 19.3 Å². The van der Waals surface area contributed by atoms with Gasteiger partial charge in [-0.2, -0.15) is 0 Å². The number of rotatable bonds is 12. The molecule has 3 rings (SSSR count). The quantitative estimate of drug-likeness (QED) is 0.329. The zero-order valence-corrected chi connectivity index (χ0v) is 21.7. The zero-order valence-electron chi connectivity index (χ0n) is 21.7. The van der Waals surface area contributed by atoms with Gasteiger partial charge in [-0.25, -0.2) is 0 Å². The van der Waals surface area contributed by atoms with Crippen LogP contribution in [0.5, 0.6) is 0 Å². The minimum atomic E-state index is 0.616. The molecule has 1 aliphatic rings. The van der Waals surface area contributed by atoms with Crippen LogP contribution in [0.25, 0.3) is 0 Å². The van der Waals surface area contributed by atoms with E-state index in [0.29, 0.717) is 5.92 Å². The molecular formula is C32H42N2. The van der Waals surface area contributed by atoms with Gasteiger partial charge >= 0.3 is 0 Å². The lowest BCUT2D eigenvalue weighted by molar-refractivity contribution is 0.591. The lowest BCUT2D eigenvalue weighted by Gasteiger charge is -2.18. The van der Waals surface area contributed by atoms with E-state index in [4.69, 9.17) is 0 Å². The molecule has 0 aromatic heterocycles. The Balaban J connectivity index is 1.52. The number of nitrogens with one attached hydrogen (secondary N) is 1. The Morgan fingerprint density at radius 3 is 2.35 bits per heavy atom. The van der Waals surface area contributed by atoms with Crippen LogP contribution in [0.1, 0.15) is 67.9 Å². The lowest BCUT2D eigenvalue weighted by atomic mass is 9.89. The third-order valence-corrected chi connectivity index (χ3v) is 6.57. The number of aliphatic imine (C=N–C) groups is 1. The molecule has 0 saturated carbocycles. The van der Waals surface area contributed by atoms with Gasteiger partial charge in [0, 0.05) is 24.5 Å². The van der Waals surface area contributed by atoms with Crippen molar-refractivity contribution in [2.45, 2.75) is 66.2 Å². The highest BCUT2D eigenvalue weighted by Gasteiger charge is 2.11. The Morgan fingerprint density at radius 1 is 1.00 bits per heavy atom. The molecule has 0 aliphatic heterocycles. The molecule has 2 aromatic carbocycles. The second kappa shape index (κ2) is 13.1. The van der Waals surface area contributed by atoms with Gasteiger partial charge in [-0.15, -0.1) is 0 Å². The molecule has 0 amide bonds. The topological polar surface area (TPSA) is 24.4 Å². The molecular weight excluding hydrogens is 412 g/mol. The first kappa shape index (κ1) is 25.7. The molecule has 1 unspecified atom stereocenters. The highest BCUT2D eigenvalue weighted by atomic mass is 14.9. The molecule has 0 radical (unpaired) electrons. The molecule has 2 heteroatoms. The van der Waals surface area contributed by atoms with Crippen molar-refractivity contribution in [3.63, 3.8) is 0 Å². The predicted octanol–water partition coefficient (Wildman–Crippen LogP) is 7.56. The van der Waals surface area contributed by atoms with Crippen LogP contribution in [0.15, 0.2) is 83.5 Å². The number of nitrogens with zero attached hydrogens (tertiary/aromatic N) is 1. The predicted molar refractivity (Wildman–Crippen MR) is 149 cm³/mol. The third kappa shape index (κ3) is 7.87. The van der Waals surface area contributed by atoms with Gasteiger partial charge in [0.2, 0.25) is 0 Å². The maximum Gasteiger partial charge on any atom is 0.0390 e. The molecule has 0 heterocycles. The second-order valence-electron chi connectivity index (χ2n) is 9.55. The van der Waals surface area contributed by atoms with Crippen LogP contribution in [0.3, 0.4) is 0 Å². The fraction of sp³-hybridized carbons (Fsp3) is 0.406. The fourth-order valence-corrected chi connectivity index (χ4v) is 4.58. The summed E-state index contributed by atoms with van der Waals surface area (Å²) in [6, 6.07) is 16.1. The van der Waals surface area contributed by atoms with Crippen molar-refractivity contribution in [3.05, 3.63) is 106 Å². The minimum absolute atomic E-state index is 0.616. The molecule has 2 nitrogen and oxygen atoms in total. The average Bonchev–Trinajstić information content (AvgIpc) is 2.85. The molecule has 34 heavy (non-hydrogen) atoms. The Hall–Kier alpha value is -2.87. The number of likely N-dealkylation sites (N-methyl/N-ethyl adjacent to an activating group) is 1. The number of hydrogen-bond donors (Lipinski definition) is 1. The van der Waals surface area contributed by atoms with E-state index in [0.717, 1.165) is 56.6 Å². The number of hydrogen-bond acceptors (Lipinski definition) is 2. The van der Waals surface area contributed by atoms with Crippen molar-refractivity contribution in [1.82, 2.24) is 5.32 Å². The van der Waals surface area contributed by atoms with Crippen molar-refractivity contribution in [2.24, 2.45) is 10.9 Å². The molecule has 1 aliphatic carbocycles. The third-order valence-electron chi connectivity index (χ3n) is 6.57. The Kier molecular flexibility index (Phi) is 9.94. The van der Waals surface area contributed by atoms with Gasteiger partial charge in [0.05, 0.1) is 0 Å². The van der Waals surface area contributed by atoms with Gasteiger partial charge in [-0.1, -0.05) is 79.8 Å². The van der Waals surface area contributed by atoms with Crippen LogP contribution in [0, 0.1) is 12.8 Å². The summed E-state index contributed by atoms with van der Waals surface area (Å²) in [6.07, 6.45) is 13.6. The average molecular weight is 455 g/mol. The van der Waals surface area contributed by atoms with Gasteiger partial charge in [-0.3, -0.25) is 4.99 Å². The first-order valence-corrected chi connectivity index (χ1v) is 13.0. The summed E-state index contributed by atoms with van der Waals surface area (Å²) in [6.45, 7) is 14.6. The summed E-state index contributed by atoms with van der Waals surface area (Å²) in [4.78, 5) is 4.63. The fourth-order valence-electron chi connectivity index (χ4n) is 4.58. The lowest BCUT2D eigenvalue weighted by Crippen LogP contribution is -2.14. The summed E-state index contributed by atoms with van der Waals surface area (Å²) in [5.41, 5.74) is 10.3. The summed E-state index contributed by atoms with van der Waals surface area (Å²) in [5.74, 6) is 0.616. The summed E-state index contributed by atoms with van der Waals surface area (Å²) in [7, 11) is 0. The highest BCUT2D eigenvalue weighted by molar-refractivity contribution is 5.98. The Labute approximate surface area is 207 Å². The summed E-state index contributed by atoms with van der Waals surface area (Å²) >= 11 is 0. The maximum absolute atomic E-state index is 4.63. The van der Waals surface area contributed by atoms with E-state index in [2.05, 4.69) is 105 Å². The second-order valence-corrected chi connectivity index (χ2v) is 9.55. The van der Waals surface area contributed by atoms with Crippen LogP contribution >= 0.6 is 0 Å². The molecule has 0 fully saturated rings. The molecule has 0 spiro atoms. The van der Waals surface area contributed by atoms with Gasteiger partial charge in [-0.05, 0) is 93.0 Å². The van der Waals surface area contributed by atoms with Gasteiger partial charge in [0.25, 0.3) is 0 Å². The number of allylic oxidation sites excluding steroid dienone is 3. The van der Waals surface area contributed by atoms with Crippen molar-refractivity contribution in [2.75, 3.05) is 13.1 Å². The smallest absolute Gasteiger partial charge is 0.0390 e.